The van der Waals surface area contributed by atoms with Gasteiger partial charge in [-0.05, 0) is 12.3 Å². The number of halogens is 3. The molecule has 1 heterocycles. The molecule has 3 nitrogen and oxygen atoms in total. The van der Waals surface area contributed by atoms with Gasteiger partial charge in [0.1, 0.15) is 0 Å². The van der Waals surface area contributed by atoms with Gasteiger partial charge in [0.25, 0.3) is 0 Å². The summed E-state index contributed by atoms with van der Waals surface area (Å²) >= 11 is 0. The fraction of sp³-hybridized carbons (Fsp3) is 1.00. The van der Waals surface area contributed by atoms with Gasteiger partial charge in [0.15, 0.2) is 11.9 Å². The minimum Gasteiger partial charge on any atom is -0.383 e. The maximum Gasteiger partial charge on any atom is 0.414 e. The number of ether oxygens (including phenoxy) is 2. The van der Waals surface area contributed by atoms with Crippen LogP contribution >= 0.6 is 0 Å². The Hall–Kier alpha value is -0.330. The molecule has 0 aromatic heterocycles. The van der Waals surface area contributed by atoms with Gasteiger partial charge in [-0.1, -0.05) is 13.8 Å². The van der Waals surface area contributed by atoms with E-state index in [-0.39, 0.29) is 5.92 Å². The summed E-state index contributed by atoms with van der Waals surface area (Å²) in [6, 6.07) is 0. The third-order valence-electron chi connectivity index (χ3n) is 2.62. The molecule has 0 spiro atoms. The van der Waals surface area contributed by atoms with Gasteiger partial charge >= 0.3 is 6.18 Å². The number of hydrogen-bond donors (Lipinski definition) is 1. The van der Waals surface area contributed by atoms with Crippen LogP contribution in [-0.2, 0) is 9.47 Å². The van der Waals surface area contributed by atoms with E-state index in [1.54, 1.807) is 0 Å². The molecule has 1 aliphatic heterocycles. The highest BCUT2D eigenvalue weighted by Crippen LogP contribution is 2.35. The third-order valence-corrected chi connectivity index (χ3v) is 2.62. The van der Waals surface area contributed by atoms with E-state index in [1.165, 1.54) is 0 Å². The Labute approximate surface area is 98.9 Å². The van der Waals surface area contributed by atoms with E-state index in [1.807, 2.05) is 13.8 Å². The quantitative estimate of drug-likeness (QED) is 0.839. The second-order valence-corrected chi connectivity index (χ2v) is 4.82. The highest BCUT2D eigenvalue weighted by atomic mass is 19.4. The molecule has 102 valence electrons. The SMILES string of the molecule is CC(C)CC1(CC(O)C(F)(F)F)OCCCO1. The van der Waals surface area contributed by atoms with Crippen LogP contribution in [-0.4, -0.2) is 36.4 Å². The molecule has 0 amide bonds. The van der Waals surface area contributed by atoms with Crippen molar-refractivity contribution in [1.29, 1.82) is 0 Å². The maximum absolute atomic E-state index is 12.4. The van der Waals surface area contributed by atoms with E-state index in [0.717, 1.165) is 0 Å². The van der Waals surface area contributed by atoms with Gasteiger partial charge < -0.3 is 14.6 Å². The van der Waals surface area contributed by atoms with Crippen molar-refractivity contribution in [2.24, 2.45) is 5.92 Å². The molecule has 1 N–H and O–H groups in total. The number of aliphatic hydroxyl groups is 1. The van der Waals surface area contributed by atoms with Crippen molar-refractivity contribution in [3.8, 4) is 0 Å². The molecule has 1 fully saturated rings. The Balaban J connectivity index is 2.69. The largest absolute Gasteiger partial charge is 0.414 e. The summed E-state index contributed by atoms with van der Waals surface area (Å²) in [5, 5.41) is 9.13. The van der Waals surface area contributed by atoms with Crippen LogP contribution in [0.25, 0.3) is 0 Å². The molecular formula is C11H19F3O3. The zero-order chi connectivity index (χ0) is 13.1. The summed E-state index contributed by atoms with van der Waals surface area (Å²) in [6.07, 6.45) is -6.58. The number of aliphatic hydroxyl groups excluding tert-OH is 1. The van der Waals surface area contributed by atoms with Crippen LogP contribution in [0.4, 0.5) is 13.2 Å². The lowest BCUT2D eigenvalue weighted by molar-refractivity contribution is -0.305. The van der Waals surface area contributed by atoms with Gasteiger partial charge in [0.2, 0.25) is 0 Å². The number of rotatable bonds is 4. The topological polar surface area (TPSA) is 38.7 Å². The lowest BCUT2D eigenvalue weighted by Gasteiger charge is -2.39. The van der Waals surface area contributed by atoms with E-state index >= 15 is 0 Å². The number of alkyl halides is 3. The van der Waals surface area contributed by atoms with Crippen molar-refractivity contribution in [3.05, 3.63) is 0 Å². The standard InChI is InChI=1S/C11H19F3O3/c1-8(2)6-10(16-4-3-5-17-10)7-9(15)11(12,13)14/h8-9,15H,3-7H2,1-2H3. The van der Waals surface area contributed by atoms with Crippen LogP contribution in [0.1, 0.15) is 33.1 Å². The molecule has 17 heavy (non-hydrogen) atoms. The van der Waals surface area contributed by atoms with Crippen LogP contribution in [0.5, 0.6) is 0 Å². The summed E-state index contributed by atoms with van der Waals surface area (Å²) in [6.45, 7) is 4.50. The van der Waals surface area contributed by atoms with Crippen molar-refractivity contribution in [3.63, 3.8) is 0 Å². The van der Waals surface area contributed by atoms with E-state index < -0.39 is 24.5 Å². The van der Waals surface area contributed by atoms with Crippen LogP contribution < -0.4 is 0 Å². The first-order chi connectivity index (χ1) is 7.75. The summed E-state index contributed by atoms with van der Waals surface area (Å²) in [5.74, 6) is -1.16. The molecular weight excluding hydrogens is 237 g/mol. The first-order valence-corrected chi connectivity index (χ1v) is 5.78. The molecule has 0 saturated carbocycles. The summed E-state index contributed by atoms with van der Waals surface area (Å²) < 4.78 is 47.8. The summed E-state index contributed by atoms with van der Waals surface area (Å²) in [7, 11) is 0. The molecule has 1 aliphatic rings. The van der Waals surface area contributed by atoms with Gasteiger partial charge in [-0.3, -0.25) is 0 Å². The lowest BCUT2D eigenvalue weighted by Crippen LogP contribution is -2.47. The molecule has 0 aliphatic carbocycles. The molecule has 1 saturated heterocycles. The Kier molecular flexibility index (Phi) is 4.80. The minimum absolute atomic E-state index is 0.133. The van der Waals surface area contributed by atoms with Gasteiger partial charge in [-0.15, -0.1) is 0 Å². The number of hydrogen-bond acceptors (Lipinski definition) is 3. The minimum atomic E-state index is -4.63. The van der Waals surface area contributed by atoms with E-state index in [9.17, 15) is 13.2 Å². The van der Waals surface area contributed by atoms with Crippen molar-refractivity contribution in [1.82, 2.24) is 0 Å². The van der Waals surface area contributed by atoms with Gasteiger partial charge in [0, 0.05) is 12.8 Å². The Morgan fingerprint density at radius 3 is 2.12 bits per heavy atom. The molecule has 0 bridgehead atoms. The highest BCUT2D eigenvalue weighted by Gasteiger charge is 2.46. The zero-order valence-electron chi connectivity index (χ0n) is 10.1. The molecule has 1 atom stereocenters. The highest BCUT2D eigenvalue weighted by molar-refractivity contribution is 4.81. The van der Waals surface area contributed by atoms with Crippen molar-refractivity contribution >= 4 is 0 Å². The normalized spacial score (nSPS) is 22.8. The average molecular weight is 256 g/mol. The second kappa shape index (κ2) is 5.54. The fourth-order valence-electron chi connectivity index (χ4n) is 1.97. The third kappa shape index (κ3) is 4.44. The lowest BCUT2D eigenvalue weighted by atomic mass is 9.96. The molecule has 0 aromatic carbocycles. The second-order valence-electron chi connectivity index (χ2n) is 4.82. The average Bonchev–Trinajstić information content (AvgIpc) is 2.15. The Morgan fingerprint density at radius 1 is 1.18 bits per heavy atom. The Bertz CT molecular complexity index is 235. The molecule has 0 radical (unpaired) electrons. The van der Waals surface area contributed by atoms with E-state index in [4.69, 9.17) is 14.6 Å². The predicted molar refractivity (Wildman–Crippen MR) is 55.4 cm³/mol. The maximum atomic E-state index is 12.4. The zero-order valence-corrected chi connectivity index (χ0v) is 10.1. The fourth-order valence-corrected chi connectivity index (χ4v) is 1.97. The molecule has 6 heteroatoms. The van der Waals surface area contributed by atoms with Crippen molar-refractivity contribution < 1.29 is 27.8 Å². The Morgan fingerprint density at radius 2 is 1.71 bits per heavy atom. The first-order valence-electron chi connectivity index (χ1n) is 5.78. The molecule has 1 rings (SSSR count). The van der Waals surface area contributed by atoms with Crippen LogP contribution in [0.2, 0.25) is 0 Å². The van der Waals surface area contributed by atoms with Crippen LogP contribution in [0, 0.1) is 5.92 Å². The van der Waals surface area contributed by atoms with Gasteiger partial charge in [-0.25, -0.2) is 0 Å². The monoisotopic (exact) mass is 256 g/mol. The molecule has 0 aromatic rings. The van der Waals surface area contributed by atoms with E-state index in [0.29, 0.717) is 26.1 Å². The summed E-state index contributed by atoms with van der Waals surface area (Å²) in [4.78, 5) is 0. The van der Waals surface area contributed by atoms with Gasteiger partial charge in [0.05, 0.1) is 13.2 Å². The van der Waals surface area contributed by atoms with Gasteiger partial charge in [-0.2, -0.15) is 13.2 Å². The van der Waals surface area contributed by atoms with Crippen molar-refractivity contribution in [2.45, 2.75) is 51.2 Å². The van der Waals surface area contributed by atoms with Crippen LogP contribution in [0.3, 0.4) is 0 Å². The predicted octanol–water partition coefficient (Wildman–Crippen LogP) is 2.48. The first kappa shape index (κ1) is 14.7. The van der Waals surface area contributed by atoms with Crippen molar-refractivity contribution in [2.75, 3.05) is 13.2 Å². The molecule has 1 unspecified atom stereocenters. The van der Waals surface area contributed by atoms with E-state index in [2.05, 4.69) is 0 Å². The summed E-state index contributed by atoms with van der Waals surface area (Å²) in [5.41, 5.74) is 0. The van der Waals surface area contributed by atoms with Crippen LogP contribution in [0.15, 0.2) is 0 Å². The smallest absolute Gasteiger partial charge is 0.383 e.